The van der Waals surface area contributed by atoms with E-state index in [1.807, 2.05) is 30.6 Å². The summed E-state index contributed by atoms with van der Waals surface area (Å²) in [7, 11) is 0. The third-order valence-corrected chi connectivity index (χ3v) is 2.27. The Labute approximate surface area is 90.1 Å². The molecule has 0 spiro atoms. The Morgan fingerprint density at radius 1 is 0.933 bits per heavy atom. The van der Waals surface area contributed by atoms with Gasteiger partial charge in [-0.15, -0.1) is 0 Å². The van der Waals surface area contributed by atoms with Crippen LogP contribution >= 0.6 is 0 Å². The number of aromatic nitrogens is 1. The summed E-state index contributed by atoms with van der Waals surface area (Å²) in [6, 6.07) is 14.4. The van der Waals surface area contributed by atoms with Crippen LogP contribution in [0.4, 0.5) is 0 Å². The fourth-order valence-electron chi connectivity index (χ4n) is 1.50. The van der Waals surface area contributed by atoms with Crippen molar-refractivity contribution in [2.24, 2.45) is 0 Å². The quantitative estimate of drug-likeness (QED) is 0.678. The summed E-state index contributed by atoms with van der Waals surface area (Å²) in [5.41, 5.74) is 1.37. The van der Waals surface area contributed by atoms with Crippen molar-refractivity contribution in [3.63, 3.8) is 0 Å². The van der Waals surface area contributed by atoms with Gasteiger partial charge in [0.15, 0.2) is 0 Å². The first-order valence-corrected chi connectivity index (χ1v) is 5.25. The Balaban J connectivity index is 1.68. The highest BCUT2D eigenvalue weighted by atomic mass is 16.7. The van der Waals surface area contributed by atoms with Crippen LogP contribution in [0.1, 0.15) is 12.0 Å². The van der Waals surface area contributed by atoms with Gasteiger partial charge in [0.1, 0.15) is 6.61 Å². The van der Waals surface area contributed by atoms with E-state index in [-0.39, 0.29) is 0 Å². The van der Waals surface area contributed by atoms with E-state index in [2.05, 4.69) is 24.3 Å². The molecule has 1 aromatic carbocycles. The van der Waals surface area contributed by atoms with Gasteiger partial charge in [-0.05, 0) is 30.5 Å². The third-order valence-electron chi connectivity index (χ3n) is 2.27. The molecule has 15 heavy (non-hydrogen) atoms. The SMILES string of the molecule is c1ccc(CCCOn2cccc2)cc1. The van der Waals surface area contributed by atoms with Gasteiger partial charge in [0.2, 0.25) is 0 Å². The Bertz CT molecular complexity index is 367. The van der Waals surface area contributed by atoms with Crippen molar-refractivity contribution < 1.29 is 4.84 Å². The molecule has 0 bridgehead atoms. The highest BCUT2D eigenvalue weighted by Crippen LogP contribution is 2.01. The number of rotatable bonds is 5. The molecule has 0 aliphatic heterocycles. The van der Waals surface area contributed by atoms with E-state index in [4.69, 9.17) is 4.84 Å². The van der Waals surface area contributed by atoms with Crippen molar-refractivity contribution in [2.45, 2.75) is 12.8 Å². The maximum atomic E-state index is 5.48. The lowest BCUT2D eigenvalue weighted by Gasteiger charge is -2.05. The highest BCUT2D eigenvalue weighted by Gasteiger charge is 1.93. The largest absolute Gasteiger partial charge is 0.414 e. The summed E-state index contributed by atoms with van der Waals surface area (Å²) in [5.74, 6) is 0. The average Bonchev–Trinajstić information content (AvgIpc) is 2.79. The molecule has 0 atom stereocenters. The Morgan fingerprint density at radius 2 is 1.67 bits per heavy atom. The first kappa shape index (κ1) is 9.84. The predicted octanol–water partition coefficient (Wildman–Crippen LogP) is 2.55. The van der Waals surface area contributed by atoms with Crippen LogP contribution in [0.25, 0.3) is 0 Å². The first-order chi connectivity index (χ1) is 7.45. The first-order valence-electron chi connectivity index (χ1n) is 5.25. The molecule has 0 saturated carbocycles. The van der Waals surface area contributed by atoms with E-state index in [1.165, 1.54) is 5.56 Å². The molecule has 0 N–H and O–H groups in total. The fraction of sp³-hybridized carbons (Fsp3) is 0.231. The van der Waals surface area contributed by atoms with E-state index in [0.29, 0.717) is 0 Å². The molecule has 0 saturated heterocycles. The van der Waals surface area contributed by atoms with Crippen molar-refractivity contribution in [1.29, 1.82) is 0 Å². The van der Waals surface area contributed by atoms with Gasteiger partial charge in [0.05, 0.1) is 0 Å². The third kappa shape index (κ3) is 3.17. The molecular weight excluding hydrogens is 186 g/mol. The molecule has 0 fully saturated rings. The van der Waals surface area contributed by atoms with Crippen LogP contribution in [0.2, 0.25) is 0 Å². The molecule has 78 valence electrons. The number of benzene rings is 1. The number of hydrogen-bond donors (Lipinski definition) is 0. The lowest BCUT2D eigenvalue weighted by atomic mass is 10.1. The van der Waals surface area contributed by atoms with Crippen molar-refractivity contribution in [2.75, 3.05) is 6.61 Å². The molecule has 1 heterocycles. The maximum Gasteiger partial charge on any atom is 0.115 e. The molecule has 1 aromatic heterocycles. The Kier molecular flexibility index (Phi) is 3.44. The Hall–Kier alpha value is -1.70. The second kappa shape index (κ2) is 5.25. The Morgan fingerprint density at radius 3 is 2.40 bits per heavy atom. The zero-order valence-corrected chi connectivity index (χ0v) is 8.67. The van der Waals surface area contributed by atoms with Crippen molar-refractivity contribution in [3.05, 3.63) is 60.4 Å². The molecule has 2 heteroatoms. The summed E-state index contributed by atoms with van der Waals surface area (Å²) < 4.78 is 1.74. The van der Waals surface area contributed by atoms with Gasteiger partial charge in [-0.2, -0.15) is 4.73 Å². The van der Waals surface area contributed by atoms with E-state index < -0.39 is 0 Å². The summed E-state index contributed by atoms with van der Waals surface area (Å²) in [5, 5.41) is 0. The average molecular weight is 201 g/mol. The van der Waals surface area contributed by atoms with Gasteiger partial charge in [0, 0.05) is 12.4 Å². The van der Waals surface area contributed by atoms with Crippen molar-refractivity contribution in [1.82, 2.24) is 4.73 Å². The molecule has 0 amide bonds. The molecular formula is C13H15NO. The van der Waals surface area contributed by atoms with E-state index in [0.717, 1.165) is 19.4 Å². The van der Waals surface area contributed by atoms with Crippen LogP contribution in [0.15, 0.2) is 54.9 Å². The maximum absolute atomic E-state index is 5.48. The summed E-state index contributed by atoms with van der Waals surface area (Å²) in [4.78, 5) is 5.48. The van der Waals surface area contributed by atoms with Crippen LogP contribution < -0.4 is 4.84 Å². The molecule has 0 aliphatic rings. The number of hydrogen-bond acceptors (Lipinski definition) is 1. The van der Waals surface area contributed by atoms with Gasteiger partial charge in [-0.25, -0.2) is 0 Å². The summed E-state index contributed by atoms with van der Waals surface area (Å²) in [6.07, 6.45) is 5.93. The molecule has 0 unspecified atom stereocenters. The second-order valence-corrected chi connectivity index (χ2v) is 3.47. The van der Waals surface area contributed by atoms with Crippen molar-refractivity contribution >= 4 is 0 Å². The minimum Gasteiger partial charge on any atom is -0.414 e. The lowest BCUT2D eigenvalue weighted by molar-refractivity contribution is 0.109. The zero-order chi connectivity index (χ0) is 10.3. The van der Waals surface area contributed by atoms with Crippen LogP contribution in [0.5, 0.6) is 0 Å². The van der Waals surface area contributed by atoms with Gasteiger partial charge in [0.25, 0.3) is 0 Å². The van der Waals surface area contributed by atoms with Gasteiger partial charge >= 0.3 is 0 Å². The monoisotopic (exact) mass is 201 g/mol. The van der Waals surface area contributed by atoms with Gasteiger partial charge < -0.3 is 4.84 Å². The number of aryl methyl sites for hydroxylation is 1. The molecule has 0 radical (unpaired) electrons. The van der Waals surface area contributed by atoms with Crippen LogP contribution in [0.3, 0.4) is 0 Å². The van der Waals surface area contributed by atoms with E-state index in [9.17, 15) is 0 Å². The highest BCUT2D eigenvalue weighted by molar-refractivity contribution is 5.14. The normalized spacial score (nSPS) is 10.1. The van der Waals surface area contributed by atoms with Crippen LogP contribution in [-0.4, -0.2) is 11.3 Å². The number of nitrogens with zero attached hydrogens (tertiary/aromatic N) is 1. The van der Waals surface area contributed by atoms with Crippen LogP contribution in [-0.2, 0) is 6.42 Å². The topological polar surface area (TPSA) is 14.2 Å². The fourth-order valence-corrected chi connectivity index (χ4v) is 1.50. The van der Waals surface area contributed by atoms with Crippen molar-refractivity contribution in [3.8, 4) is 0 Å². The standard InChI is InChI=1S/C13H15NO/c1-2-7-13(8-3-1)9-6-12-15-14-10-4-5-11-14/h1-5,7-8,10-11H,6,9,12H2. The molecule has 2 aromatic rings. The minimum atomic E-state index is 0.754. The van der Waals surface area contributed by atoms with E-state index in [1.54, 1.807) is 4.73 Å². The second-order valence-electron chi connectivity index (χ2n) is 3.47. The summed E-state index contributed by atoms with van der Waals surface area (Å²) in [6.45, 7) is 0.754. The summed E-state index contributed by atoms with van der Waals surface area (Å²) >= 11 is 0. The molecule has 2 rings (SSSR count). The van der Waals surface area contributed by atoms with Gasteiger partial charge in [-0.3, -0.25) is 0 Å². The lowest BCUT2D eigenvalue weighted by Crippen LogP contribution is -2.10. The van der Waals surface area contributed by atoms with E-state index >= 15 is 0 Å². The smallest absolute Gasteiger partial charge is 0.115 e. The van der Waals surface area contributed by atoms with Gasteiger partial charge in [-0.1, -0.05) is 30.3 Å². The minimum absolute atomic E-state index is 0.754. The predicted molar refractivity (Wildman–Crippen MR) is 60.6 cm³/mol. The molecule has 2 nitrogen and oxygen atoms in total. The van der Waals surface area contributed by atoms with Crippen LogP contribution in [0, 0.1) is 0 Å². The zero-order valence-electron chi connectivity index (χ0n) is 8.67. The molecule has 0 aliphatic carbocycles.